The molecule has 1 N–H and O–H groups in total. The van der Waals surface area contributed by atoms with Gasteiger partial charge in [0, 0.05) is 45.1 Å². The van der Waals surface area contributed by atoms with Crippen molar-refractivity contribution in [1.29, 1.82) is 0 Å². The van der Waals surface area contributed by atoms with Gasteiger partial charge in [-0.25, -0.2) is 0 Å². The number of carbonyl (C=O) groups is 3. The molecule has 0 aliphatic rings. The van der Waals surface area contributed by atoms with Crippen LogP contribution in [0.2, 0.25) is 0 Å². The number of amides is 3. The van der Waals surface area contributed by atoms with Crippen LogP contribution in [0, 0.1) is 0 Å². The number of methoxy groups -OCH3 is 1. The summed E-state index contributed by atoms with van der Waals surface area (Å²) in [6.07, 6.45) is 4.93. The van der Waals surface area contributed by atoms with E-state index in [-0.39, 0.29) is 24.7 Å². The van der Waals surface area contributed by atoms with E-state index >= 15 is 0 Å². The number of hydrogen-bond acceptors (Lipinski definition) is 5. The summed E-state index contributed by atoms with van der Waals surface area (Å²) in [4.78, 5) is 41.1. The van der Waals surface area contributed by atoms with E-state index in [0.29, 0.717) is 30.2 Å². The number of hydrogen-bond donors (Lipinski definition) is 1. The summed E-state index contributed by atoms with van der Waals surface area (Å²) in [5.74, 6) is 0.423. The summed E-state index contributed by atoms with van der Waals surface area (Å²) in [5, 5.41) is 3.64. The SMILES string of the molecule is CCCN(CCC)C(=O)C(CCC(=O)N(C)C)NC(=O)/C=C/c1cc2cccc(OC)c2o1. The number of ether oxygens (including phenoxy) is 1. The monoisotopic (exact) mass is 457 g/mol. The fraction of sp³-hybridized carbons (Fsp3) is 0.480. The fourth-order valence-corrected chi connectivity index (χ4v) is 3.52. The molecule has 1 aromatic carbocycles. The fourth-order valence-electron chi connectivity index (χ4n) is 3.52. The average molecular weight is 458 g/mol. The highest BCUT2D eigenvalue weighted by atomic mass is 16.5. The van der Waals surface area contributed by atoms with E-state index in [2.05, 4.69) is 5.32 Å². The zero-order valence-corrected chi connectivity index (χ0v) is 20.2. The van der Waals surface area contributed by atoms with Crippen molar-refractivity contribution in [2.24, 2.45) is 0 Å². The van der Waals surface area contributed by atoms with Gasteiger partial charge in [0.25, 0.3) is 0 Å². The number of nitrogens with zero attached hydrogens (tertiary/aromatic N) is 2. The van der Waals surface area contributed by atoms with E-state index in [1.807, 2.05) is 32.0 Å². The average Bonchev–Trinajstić information content (AvgIpc) is 3.22. The maximum atomic E-state index is 13.1. The quantitative estimate of drug-likeness (QED) is 0.493. The Bertz CT molecular complexity index is 974. The Labute approximate surface area is 195 Å². The van der Waals surface area contributed by atoms with Gasteiger partial charge >= 0.3 is 0 Å². The molecule has 1 heterocycles. The van der Waals surface area contributed by atoms with Crippen molar-refractivity contribution in [3.8, 4) is 5.75 Å². The highest BCUT2D eigenvalue weighted by Gasteiger charge is 2.25. The Morgan fingerprint density at radius 3 is 2.45 bits per heavy atom. The topological polar surface area (TPSA) is 92.1 Å². The van der Waals surface area contributed by atoms with Crippen LogP contribution in [0.1, 0.15) is 45.3 Å². The number of furan rings is 1. The first-order valence-electron chi connectivity index (χ1n) is 11.3. The normalized spacial score (nSPS) is 12.0. The Morgan fingerprint density at radius 1 is 1.15 bits per heavy atom. The second kappa shape index (κ2) is 12.7. The van der Waals surface area contributed by atoms with E-state index < -0.39 is 11.9 Å². The molecule has 8 nitrogen and oxygen atoms in total. The molecule has 180 valence electrons. The van der Waals surface area contributed by atoms with Gasteiger partial charge in [0.15, 0.2) is 11.3 Å². The van der Waals surface area contributed by atoms with Gasteiger partial charge in [-0.15, -0.1) is 0 Å². The standard InChI is InChI=1S/C25H35N3O5/c1-6-15-28(16-7-2)25(31)20(12-14-23(30)27(3)4)26-22(29)13-11-19-17-18-9-8-10-21(32-5)24(18)33-19/h8-11,13,17,20H,6-7,12,14-16H2,1-5H3,(H,26,29)/b13-11+. The first-order valence-corrected chi connectivity index (χ1v) is 11.3. The molecule has 33 heavy (non-hydrogen) atoms. The Morgan fingerprint density at radius 2 is 1.85 bits per heavy atom. The van der Waals surface area contributed by atoms with Gasteiger partial charge in [-0.05, 0) is 37.5 Å². The number of para-hydroxylation sites is 1. The zero-order chi connectivity index (χ0) is 24.4. The minimum Gasteiger partial charge on any atom is -0.493 e. The third-order valence-electron chi connectivity index (χ3n) is 5.20. The minimum absolute atomic E-state index is 0.0913. The molecule has 0 fully saturated rings. The lowest BCUT2D eigenvalue weighted by Crippen LogP contribution is -2.49. The first-order chi connectivity index (χ1) is 15.8. The lowest BCUT2D eigenvalue weighted by molar-refractivity contribution is -0.136. The summed E-state index contributed by atoms with van der Waals surface area (Å²) < 4.78 is 11.1. The minimum atomic E-state index is -0.778. The second-order valence-corrected chi connectivity index (χ2v) is 8.07. The van der Waals surface area contributed by atoms with Crippen LogP contribution in [-0.4, -0.2) is 67.9 Å². The molecule has 0 aliphatic heterocycles. The number of fused-ring (bicyclic) bond motifs is 1. The third kappa shape index (κ3) is 7.37. The van der Waals surface area contributed by atoms with Gasteiger partial charge in [-0.1, -0.05) is 26.0 Å². The molecule has 1 aromatic heterocycles. The summed E-state index contributed by atoms with van der Waals surface area (Å²) in [6, 6.07) is 6.59. The highest BCUT2D eigenvalue weighted by Crippen LogP contribution is 2.28. The summed E-state index contributed by atoms with van der Waals surface area (Å²) in [7, 11) is 4.91. The molecular weight excluding hydrogens is 422 g/mol. The van der Waals surface area contributed by atoms with E-state index in [1.54, 1.807) is 38.2 Å². The Kier molecular flexibility index (Phi) is 9.97. The van der Waals surface area contributed by atoms with Gasteiger partial charge < -0.3 is 24.3 Å². The van der Waals surface area contributed by atoms with Crippen LogP contribution in [0.15, 0.2) is 34.8 Å². The van der Waals surface area contributed by atoms with E-state index in [9.17, 15) is 14.4 Å². The molecule has 0 saturated carbocycles. The van der Waals surface area contributed by atoms with Gasteiger partial charge in [0.2, 0.25) is 17.7 Å². The third-order valence-corrected chi connectivity index (χ3v) is 5.20. The highest BCUT2D eigenvalue weighted by molar-refractivity contribution is 5.96. The van der Waals surface area contributed by atoms with Crippen molar-refractivity contribution in [3.63, 3.8) is 0 Å². The van der Waals surface area contributed by atoms with Crippen LogP contribution in [0.4, 0.5) is 0 Å². The van der Waals surface area contributed by atoms with Gasteiger partial charge in [-0.3, -0.25) is 14.4 Å². The predicted octanol–water partition coefficient (Wildman–Crippen LogP) is 3.46. The van der Waals surface area contributed by atoms with Crippen molar-refractivity contribution in [1.82, 2.24) is 15.1 Å². The molecule has 1 unspecified atom stereocenters. The predicted molar refractivity (Wildman–Crippen MR) is 129 cm³/mol. The van der Waals surface area contributed by atoms with Gasteiger partial charge in [-0.2, -0.15) is 0 Å². The first kappa shape index (κ1) is 26.0. The molecule has 0 saturated heterocycles. The van der Waals surface area contributed by atoms with Crippen molar-refractivity contribution < 1.29 is 23.5 Å². The van der Waals surface area contributed by atoms with Crippen molar-refractivity contribution in [3.05, 3.63) is 36.1 Å². The molecule has 2 rings (SSSR count). The molecule has 0 aliphatic carbocycles. The van der Waals surface area contributed by atoms with Crippen molar-refractivity contribution >= 4 is 34.8 Å². The maximum Gasteiger partial charge on any atom is 0.245 e. The molecule has 0 bridgehead atoms. The van der Waals surface area contributed by atoms with Crippen LogP contribution in [0.3, 0.4) is 0 Å². The van der Waals surface area contributed by atoms with Crippen LogP contribution in [0.5, 0.6) is 5.75 Å². The largest absolute Gasteiger partial charge is 0.493 e. The number of benzene rings is 1. The van der Waals surface area contributed by atoms with Crippen LogP contribution in [-0.2, 0) is 14.4 Å². The van der Waals surface area contributed by atoms with Crippen LogP contribution in [0.25, 0.3) is 17.0 Å². The second-order valence-electron chi connectivity index (χ2n) is 8.07. The molecule has 8 heteroatoms. The lowest BCUT2D eigenvalue weighted by atomic mass is 10.1. The molecule has 0 spiro atoms. The summed E-state index contributed by atoms with van der Waals surface area (Å²) in [6.45, 7) is 5.23. The number of carbonyl (C=O) groups excluding carboxylic acids is 3. The molecule has 3 amide bonds. The molecule has 1 atom stereocenters. The van der Waals surface area contributed by atoms with Crippen molar-refractivity contribution in [2.75, 3.05) is 34.3 Å². The Balaban J connectivity index is 2.15. The Hall–Kier alpha value is -3.29. The molecular formula is C25H35N3O5. The van der Waals surface area contributed by atoms with E-state index in [1.165, 1.54) is 11.0 Å². The summed E-state index contributed by atoms with van der Waals surface area (Å²) >= 11 is 0. The number of rotatable bonds is 12. The van der Waals surface area contributed by atoms with Gasteiger partial charge in [0.1, 0.15) is 11.8 Å². The lowest BCUT2D eigenvalue weighted by Gasteiger charge is -2.27. The van der Waals surface area contributed by atoms with Crippen LogP contribution >= 0.6 is 0 Å². The van der Waals surface area contributed by atoms with E-state index in [0.717, 1.165) is 18.2 Å². The molecule has 2 aromatic rings. The van der Waals surface area contributed by atoms with E-state index in [4.69, 9.17) is 9.15 Å². The zero-order valence-electron chi connectivity index (χ0n) is 20.2. The maximum absolute atomic E-state index is 13.1. The van der Waals surface area contributed by atoms with Crippen LogP contribution < -0.4 is 10.1 Å². The molecule has 0 radical (unpaired) electrons. The van der Waals surface area contributed by atoms with Gasteiger partial charge in [0.05, 0.1) is 7.11 Å². The van der Waals surface area contributed by atoms with Crippen molar-refractivity contribution in [2.45, 2.75) is 45.6 Å². The smallest absolute Gasteiger partial charge is 0.245 e. The number of nitrogens with one attached hydrogen (secondary N) is 1. The summed E-state index contributed by atoms with van der Waals surface area (Å²) in [5.41, 5.74) is 0.602.